The summed E-state index contributed by atoms with van der Waals surface area (Å²) >= 11 is 1.42. The minimum atomic E-state index is -1.02. The normalized spacial score (nSPS) is 14.3. The molecule has 7 nitrogen and oxygen atoms in total. The number of aryl methyl sites for hydroxylation is 1. The topological polar surface area (TPSA) is 94.0 Å². The molecule has 0 saturated heterocycles. The highest BCUT2D eigenvalue weighted by Gasteiger charge is 2.25. The van der Waals surface area contributed by atoms with Crippen LogP contribution in [0.2, 0.25) is 0 Å². The van der Waals surface area contributed by atoms with Crippen LogP contribution in [-0.2, 0) is 6.42 Å². The maximum atomic E-state index is 14.2. The first kappa shape index (κ1) is 35.7. The van der Waals surface area contributed by atoms with Crippen molar-refractivity contribution in [2.45, 2.75) is 65.0 Å². The zero-order valence-electron chi connectivity index (χ0n) is 26.3. The SMILES string of the molecule is C=Nc1cc(CC)ccc1NCSCC(O)C(CC1=CCC(F)=CC(F)=C1)NC(=O)c1cccc(C(=O)N(CCC)CCC)c1. The zero-order valence-corrected chi connectivity index (χ0v) is 27.1. The zero-order chi connectivity index (χ0) is 32.8. The Labute approximate surface area is 269 Å². The Balaban J connectivity index is 1.74. The summed E-state index contributed by atoms with van der Waals surface area (Å²) in [6.45, 7) is 11.0. The van der Waals surface area contributed by atoms with Crippen molar-refractivity contribution in [1.29, 1.82) is 0 Å². The monoisotopic (exact) mass is 638 g/mol. The van der Waals surface area contributed by atoms with Crippen LogP contribution in [-0.4, -0.2) is 65.4 Å². The van der Waals surface area contributed by atoms with Gasteiger partial charge in [-0.05, 0) is 79.9 Å². The number of halogens is 2. The summed E-state index contributed by atoms with van der Waals surface area (Å²) in [7, 11) is 0. The summed E-state index contributed by atoms with van der Waals surface area (Å²) in [6.07, 6.45) is 5.10. The fraction of sp³-hybridized carbons (Fsp3) is 0.400. The quantitative estimate of drug-likeness (QED) is 0.0946. The van der Waals surface area contributed by atoms with Crippen LogP contribution >= 0.6 is 11.8 Å². The second-order valence-electron chi connectivity index (χ2n) is 10.9. The average Bonchev–Trinajstić information content (AvgIpc) is 3.20. The number of aliphatic imine (C=N–C) groups is 1. The third-order valence-corrected chi connectivity index (χ3v) is 8.28. The highest BCUT2D eigenvalue weighted by molar-refractivity contribution is 7.99. The van der Waals surface area contributed by atoms with E-state index in [9.17, 15) is 23.5 Å². The molecule has 2 aromatic carbocycles. The fourth-order valence-corrected chi connectivity index (χ4v) is 5.83. The lowest BCUT2D eigenvalue weighted by atomic mass is 10.00. The molecule has 0 radical (unpaired) electrons. The molecule has 2 unspecified atom stereocenters. The van der Waals surface area contributed by atoms with E-state index in [0.29, 0.717) is 30.1 Å². The van der Waals surface area contributed by atoms with E-state index in [0.717, 1.165) is 42.3 Å². The van der Waals surface area contributed by atoms with Crippen LogP contribution in [0.3, 0.4) is 0 Å². The number of carbonyl (C=O) groups is 2. The number of hydrogen-bond donors (Lipinski definition) is 3. The fourth-order valence-electron chi connectivity index (χ4n) is 4.98. The number of nitrogens with one attached hydrogen (secondary N) is 2. The van der Waals surface area contributed by atoms with E-state index < -0.39 is 29.7 Å². The second kappa shape index (κ2) is 18.3. The van der Waals surface area contributed by atoms with Crippen LogP contribution < -0.4 is 10.6 Å². The van der Waals surface area contributed by atoms with Gasteiger partial charge in [-0.25, -0.2) is 8.78 Å². The number of rotatable bonds is 17. The molecule has 2 amide bonds. The van der Waals surface area contributed by atoms with Crippen LogP contribution in [0.4, 0.5) is 20.2 Å². The number of anilines is 1. The first-order chi connectivity index (χ1) is 21.7. The molecule has 1 aliphatic rings. The van der Waals surface area contributed by atoms with E-state index in [4.69, 9.17) is 0 Å². The Morgan fingerprint density at radius 2 is 1.80 bits per heavy atom. The molecule has 10 heteroatoms. The van der Waals surface area contributed by atoms with E-state index in [-0.39, 0.29) is 30.1 Å². The highest BCUT2D eigenvalue weighted by atomic mass is 32.2. The van der Waals surface area contributed by atoms with Gasteiger partial charge in [-0.2, -0.15) is 0 Å². The maximum Gasteiger partial charge on any atom is 0.253 e. The third-order valence-electron chi connectivity index (χ3n) is 7.35. The third kappa shape index (κ3) is 11.0. The molecular weight excluding hydrogens is 594 g/mol. The molecule has 0 aromatic heterocycles. The molecule has 0 bridgehead atoms. The standard InChI is InChI=1S/C35H44F2N4O3S/c1-5-15-41(16-6-2)35(44)27-10-8-9-26(20-27)34(43)40-32(19-25-11-13-28(36)21-29(37)17-25)33(42)22-45-23-39-30-14-12-24(7-3)18-31(30)38-4/h8-12,14,17-18,20-21,32-33,39,42H,4-7,13,15-16,19,22-23H2,1-3H3,(H,40,43). The largest absolute Gasteiger partial charge is 0.390 e. The molecule has 2 atom stereocenters. The summed E-state index contributed by atoms with van der Waals surface area (Å²) < 4.78 is 28.1. The molecule has 242 valence electrons. The molecule has 0 saturated carbocycles. The van der Waals surface area contributed by atoms with Gasteiger partial charge in [0.05, 0.1) is 29.4 Å². The van der Waals surface area contributed by atoms with Gasteiger partial charge in [0, 0.05) is 42.5 Å². The lowest BCUT2D eigenvalue weighted by Gasteiger charge is -2.25. The van der Waals surface area contributed by atoms with E-state index >= 15 is 0 Å². The minimum absolute atomic E-state index is 0.0812. The van der Waals surface area contributed by atoms with Gasteiger partial charge in [0.15, 0.2) is 0 Å². The van der Waals surface area contributed by atoms with Gasteiger partial charge in [0.2, 0.25) is 0 Å². The Kier molecular flexibility index (Phi) is 14.5. The molecule has 3 N–H and O–H groups in total. The summed E-state index contributed by atoms with van der Waals surface area (Å²) in [6, 6.07) is 11.6. The minimum Gasteiger partial charge on any atom is -0.390 e. The Morgan fingerprint density at radius 1 is 1.07 bits per heavy atom. The number of thioether (sulfide) groups is 1. The first-order valence-corrected chi connectivity index (χ1v) is 16.6. The van der Waals surface area contributed by atoms with E-state index in [1.165, 1.54) is 17.8 Å². The number of nitrogens with zero attached hydrogens (tertiary/aromatic N) is 2. The van der Waals surface area contributed by atoms with Gasteiger partial charge in [0.25, 0.3) is 11.8 Å². The van der Waals surface area contributed by atoms with E-state index in [2.05, 4.69) is 29.3 Å². The Hall–Kier alpha value is -3.76. The number of aliphatic hydroxyl groups is 1. The molecule has 1 aliphatic carbocycles. The molecule has 45 heavy (non-hydrogen) atoms. The molecule has 0 aliphatic heterocycles. The summed E-state index contributed by atoms with van der Waals surface area (Å²) in [4.78, 5) is 32.5. The van der Waals surface area contributed by atoms with Crippen molar-refractivity contribution < 1.29 is 23.5 Å². The van der Waals surface area contributed by atoms with Crippen molar-refractivity contribution in [3.63, 3.8) is 0 Å². The van der Waals surface area contributed by atoms with Crippen molar-refractivity contribution in [2.75, 3.05) is 30.0 Å². The second-order valence-corrected chi connectivity index (χ2v) is 11.9. The van der Waals surface area contributed by atoms with Crippen LogP contribution in [0, 0.1) is 0 Å². The number of allylic oxidation sites excluding steroid dienone is 5. The summed E-state index contributed by atoms with van der Waals surface area (Å²) in [5.41, 5.74) is 3.83. The number of amides is 2. The van der Waals surface area contributed by atoms with Gasteiger partial charge < -0.3 is 20.6 Å². The van der Waals surface area contributed by atoms with Crippen LogP contribution in [0.1, 0.15) is 72.7 Å². The lowest BCUT2D eigenvalue weighted by Crippen LogP contribution is -2.45. The smallest absolute Gasteiger partial charge is 0.253 e. The number of carbonyl (C=O) groups excluding carboxylic acids is 2. The molecule has 3 rings (SSSR count). The Bertz CT molecular complexity index is 1420. The van der Waals surface area contributed by atoms with Gasteiger partial charge in [-0.1, -0.05) is 39.0 Å². The van der Waals surface area contributed by atoms with Crippen molar-refractivity contribution >= 4 is 41.7 Å². The summed E-state index contributed by atoms with van der Waals surface area (Å²) in [5, 5.41) is 17.4. The number of benzene rings is 2. The molecule has 0 heterocycles. The van der Waals surface area contributed by atoms with Crippen molar-refractivity contribution in [1.82, 2.24) is 10.2 Å². The van der Waals surface area contributed by atoms with E-state index in [1.807, 2.05) is 32.0 Å². The van der Waals surface area contributed by atoms with Gasteiger partial charge in [0.1, 0.15) is 11.7 Å². The van der Waals surface area contributed by atoms with E-state index in [1.54, 1.807) is 35.2 Å². The van der Waals surface area contributed by atoms with Crippen LogP contribution in [0.25, 0.3) is 0 Å². The van der Waals surface area contributed by atoms with Crippen LogP contribution in [0.15, 0.2) is 82.9 Å². The number of hydrogen-bond acceptors (Lipinski definition) is 6. The first-order valence-electron chi connectivity index (χ1n) is 15.4. The summed E-state index contributed by atoms with van der Waals surface area (Å²) in [5.74, 6) is -1.26. The molecular formula is C35H44F2N4O3S. The molecule has 0 fully saturated rings. The van der Waals surface area contributed by atoms with Crippen molar-refractivity contribution in [3.05, 3.63) is 94.6 Å². The molecule has 0 spiro atoms. The maximum absolute atomic E-state index is 14.2. The van der Waals surface area contributed by atoms with Gasteiger partial charge >= 0.3 is 0 Å². The predicted molar refractivity (Wildman–Crippen MR) is 182 cm³/mol. The average molecular weight is 639 g/mol. The van der Waals surface area contributed by atoms with Gasteiger partial charge in [-0.15, -0.1) is 11.8 Å². The predicted octanol–water partition coefficient (Wildman–Crippen LogP) is 7.53. The van der Waals surface area contributed by atoms with Crippen molar-refractivity contribution in [2.24, 2.45) is 4.99 Å². The Morgan fingerprint density at radius 3 is 2.49 bits per heavy atom. The van der Waals surface area contributed by atoms with Crippen LogP contribution in [0.5, 0.6) is 0 Å². The lowest BCUT2D eigenvalue weighted by molar-refractivity contribution is 0.0755. The highest BCUT2D eigenvalue weighted by Crippen LogP contribution is 2.27. The molecule has 2 aromatic rings. The number of aliphatic hydroxyl groups excluding tert-OH is 1. The van der Waals surface area contributed by atoms with Gasteiger partial charge in [-0.3, -0.25) is 14.6 Å². The van der Waals surface area contributed by atoms with Crippen molar-refractivity contribution in [3.8, 4) is 0 Å².